The number of piperidine rings is 1. The molecule has 0 spiro atoms. The lowest BCUT2D eigenvalue weighted by molar-refractivity contribution is -0.120. The van der Waals surface area contributed by atoms with Crippen molar-refractivity contribution in [2.24, 2.45) is 5.92 Å². The highest BCUT2D eigenvalue weighted by atomic mass is 35.5. The maximum Gasteiger partial charge on any atom is 0.227 e. The average molecular weight is 359 g/mol. The zero-order chi connectivity index (χ0) is 17.8. The molecule has 132 valence electrons. The average Bonchev–Trinajstić information content (AvgIpc) is 2.63. The van der Waals surface area contributed by atoms with Crippen LogP contribution < -0.4 is 10.2 Å². The van der Waals surface area contributed by atoms with Crippen molar-refractivity contribution in [3.05, 3.63) is 47.1 Å². The van der Waals surface area contributed by atoms with Crippen LogP contribution in [-0.4, -0.2) is 29.2 Å². The summed E-state index contributed by atoms with van der Waals surface area (Å²) in [7, 11) is 0. The summed E-state index contributed by atoms with van der Waals surface area (Å²) in [6.07, 6.45) is 1.61. The first-order valence-electron chi connectivity index (χ1n) is 8.68. The summed E-state index contributed by atoms with van der Waals surface area (Å²) in [5, 5.41) is 11.4. The second-order valence-corrected chi connectivity index (χ2v) is 7.13. The molecule has 25 heavy (non-hydrogen) atoms. The number of hydrogen-bond donors (Lipinski definition) is 1. The van der Waals surface area contributed by atoms with Crippen molar-refractivity contribution in [2.75, 3.05) is 23.3 Å². The summed E-state index contributed by atoms with van der Waals surface area (Å²) in [5.41, 5.74) is 2.13. The van der Waals surface area contributed by atoms with E-state index in [1.807, 2.05) is 18.2 Å². The fourth-order valence-corrected chi connectivity index (χ4v) is 3.14. The predicted molar refractivity (Wildman–Crippen MR) is 101 cm³/mol. The number of benzene rings is 1. The van der Waals surface area contributed by atoms with Crippen molar-refractivity contribution in [3.63, 3.8) is 0 Å². The molecular formula is C19H23ClN4O. The van der Waals surface area contributed by atoms with Gasteiger partial charge in [0.1, 0.15) is 0 Å². The van der Waals surface area contributed by atoms with Gasteiger partial charge in [-0.2, -0.15) is 0 Å². The monoisotopic (exact) mass is 358 g/mol. The van der Waals surface area contributed by atoms with E-state index in [1.165, 1.54) is 5.56 Å². The van der Waals surface area contributed by atoms with Gasteiger partial charge in [0.15, 0.2) is 11.0 Å². The van der Waals surface area contributed by atoms with E-state index >= 15 is 0 Å². The second kappa shape index (κ2) is 7.83. The fourth-order valence-electron chi connectivity index (χ4n) is 3.04. The van der Waals surface area contributed by atoms with Crippen molar-refractivity contribution >= 4 is 29.0 Å². The molecule has 3 rings (SSSR count). The van der Waals surface area contributed by atoms with Crippen molar-refractivity contribution in [2.45, 2.75) is 32.6 Å². The van der Waals surface area contributed by atoms with Crippen LogP contribution in [0.3, 0.4) is 0 Å². The minimum Gasteiger partial charge on any atom is -0.355 e. The van der Waals surface area contributed by atoms with Crippen LogP contribution in [0.5, 0.6) is 0 Å². The van der Waals surface area contributed by atoms with Crippen LogP contribution in [0.15, 0.2) is 36.4 Å². The lowest BCUT2D eigenvalue weighted by Gasteiger charge is -2.31. The Labute approximate surface area is 153 Å². The zero-order valence-corrected chi connectivity index (χ0v) is 15.3. The number of rotatable bonds is 4. The standard InChI is InChI=1S/C19H23ClN4O/c1-13(2)14-3-5-16(6-4-14)21-19(25)15-9-11-24(12-10-15)18-8-7-17(20)22-23-18/h3-8,13,15H,9-12H2,1-2H3,(H,21,25). The van der Waals surface area contributed by atoms with E-state index < -0.39 is 0 Å². The van der Waals surface area contributed by atoms with Crippen molar-refractivity contribution in [1.29, 1.82) is 0 Å². The first-order valence-corrected chi connectivity index (χ1v) is 9.05. The normalized spacial score (nSPS) is 15.4. The number of carbonyl (C=O) groups excluding carboxylic acids is 1. The molecule has 1 fully saturated rings. The summed E-state index contributed by atoms with van der Waals surface area (Å²) < 4.78 is 0. The highest BCUT2D eigenvalue weighted by Crippen LogP contribution is 2.24. The molecule has 1 saturated heterocycles. The molecule has 0 atom stereocenters. The molecule has 5 nitrogen and oxygen atoms in total. The number of aromatic nitrogens is 2. The minimum absolute atomic E-state index is 0.0290. The van der Waals surface area contributed by atoms with Gasteiger partial charge in [-0.1, -0.05) is 37.6 Å². The van der Waals surface area contributed by atoms with E-state index in [2.05, 4.69) is 46.4 Å². The number of anilines is 2. The van der Waals surface area contributed by atoms with Gasteiger partial charge in [-0.05, 0) is 48.6 Å². The van der Waals surface area contributed by atoms with Crippen LogP contribution in [0, 0.1) is 5.92 Å². The third-order valence-corrected chi connectivity index (χ3v) is 4.85. The first-order chi connectivity index (χ1) is 12.0. The van der Waals surface area contributed by atoms with Crippen molar-refractivity contribution in [1.82, 2.24) is 10.2 Å². The van der Waals surface area contributed by atoms with Crippen LogP contribution in [0.2, 0.25) is 5.15 Å². The summed E-state index contributed by atoms with van der Waals surface area (Å²) in [5.74, 6) is 1.43. The van der Waals surface area contributed by atoms with Crippen LogP contribution in [-0.2, 0) is 4.79 Å². The maximum atomic E-state index is 12.5. The highest BCUT2D eigenvalue weighted by molar-refractivity contribution is 6.29. The van der Waals surface area contributed by atoms with E-state index in [4.69, 9.17) is 11.6 Å². The topological polar surface area (TPSA) is 58.1 Å². The van der Waals surface area contributed by atoms with Gasteiger partial charge < -0.3 is 10.2 Å². The first kappa shape index (κ1) is 17.7. The van der Waals surface area contributed by atoms with E-state index in [-0.39, 0.29) is 11.8 Å². The Kier molecular flexibility index (Phi) is 5.53. The molecular weight excluding hydrogens is 336 g/mol. The lowest BCUT2D eigenvalue weighted by Crippen LogP contribution is -2.38. The SMILES string of the molecule is CC(C)c1ccc(NC(=O)C2CCN(c3ccc(Cl)nn3)CC2)cc1. The van der Waals surface area contributed by atoms with E-state index in [0.717, 1.165) is 37.4 Å². The van der Waals surface area contributed by atoms with Crippen LogP contribution in [0.4, 0.5) is 11.5 Å². The van der Waals surface area contributed by atoms with Gasteiger partial charge >= 0.3 is 0 Å². The Hall–Kier alpha value is -2.14. The van der Waals surface area contributed by atoms with Crippen LogP contribution >= 0.6 is 11.6 Å². The van der Waals surface area contributed by atoms with Crippen LogP contribution in [0.25, 0.3) is 0 Å². The Bertz CT molecular complexity index is 707. The number of nitrogens with zero attached hydrogens (tertiary/aromatic N) is 3. The van der Waals surface area contributed by atoms with Crippen LogP contribution in [0.1, 0.15) is 38.2 Å². The molecule has 0 bridgehead atoms. The zero-order valence-electron chi connectivity index (χ0n) is 14.6. The van der Waals surface area contributed by atoms with Gasteiger partial charge in [-0.3, -0.25) is 4.79 Å². The Morgan fingerprint density at radius 3 is 2.36 bits per heavy atom. The second-order valence-electron chi connectivity index (χ2n) is 6.74. The Balaban J connectivity index is 1.53. The summed E-state index contributed by atoms with van der Waals surface area (Å²) in [4.78, 5) is 14.6. The molecule has 2 heterocycles. The lowest BCUT2D eigenvalue weighted by atomic mass is 9.95. The maximum absolute atomic E-state index is 12.5. The van der Waals surface area contributed by atoms with Gasteiger partial charge in [0.2, 0.25) is 5.91 Å². The van der Waals surface area contributed by atoms with Gasteiger partial charge in [-0.25, -0.2) is 0 Å². The van der Waals surface area contributed by atoms with E-state index in [1.54, 1.807) is 6.07 Å². The van der Waals surface area contributed by atoms with Gasteiger partial charge in [0.25, 0.3) is 0 Å². The summed E-state index contributed by atoms with van der Waals surface area (Å²) in [6.45, 7) is 5.90. The number of amides is 1. The quantitative estimate of drug-likeness (QED) is 0.893. The largest absolute Gasteiger partial charge is 0.355 e. The number of nitrogens with one attached hydrogen (secondary N) is 1. The molecule has 1 aliphatic heterocycles. The number of carbonyl (C=O) groups is 1. The molecule has 1 aromatic heterocycles. The molecule has 1 N–H and O–H groups in total. The molecule has 6 heteroatoms. The molecule has 2 aromatic rings. The summed E-state index contributed by atoms with van der Waals surface area (Å²) in [6, 6.07) is 11.7. The minimum atomic E-state index is 0.0290. The molecule has 1 aromatic carbocycles. The predicted octanol–water partition coefficient (Wildman–Crippen LogP) is 4.11. The third-order valence-electron chi connectivity index (χ3n) is 4.65. The van der Waals surface area contributed by atoms with Gasteiger partial charge in [0.05, 0.1) is 0 Å². The molecule has 0 aliphatic carbocycles. The summed E-state index contributed by atoms with van der Waals surface area (Å²) >= 11 is 5.77. The van der Waals surface area contributed by atoms with Crippen molar-refractivity contribution < 1.29 is 4.79 Å². The molecule has 0 unspecified atom stereocenters. The third kappa shape index (κ3) is 4.48. The van der Waals surface area contributed by atoms with E-state index in [0.29, 0.717) is 11.1 Å². The van der Waals surface area contributed by atoms with Gasteiger partial charge in [-0.15, -0.1) is 10.2 Å². The Morgan fingerprint density at radius 2 is 1.80 bits per heavy atom. The molecule has 1 amide bonds. The number of hydrogen-bond acceptors (Lipinski definition) is 4. The molecule has 0 saturated carbocycles. The molecule has 1 aliphatic rings. The van der Waals surface area contributed by atoms with E-state index in [9.17, 15) is 4.79 Å². The Morgan fingerprint density at radius 1 is 1.12 bits per heavy atom. The fraction of sp³-hybridized carbons (Fsp3) is 0.421. The number of halogens is 1. The smallest absolute Gasteiger partial charge is 0.227 e. The highest BCUT2D eigenvalue weighted by Gasteiger charge is 2.25. The molecule has 0 radical (unpaired) electrons. The van der Waals surface area contributed by atoms with Gasteiger partial charge in [0, 0.05) is 24.7 Å². The van der Waals surface area contributed by atoms with Crippen molar-refractivity contribution in [3.8, 4) is 0 Å².